The number of anilines is 1. The number of primary amides is 1. The Morgan fingerprint density at radius 3 is 2.60 bits per heavy atom. The van der Waals surface area contributed by atoms with Gasteiger partial charge in [0.1, 0.15) is 0 Å². The van der Waals surface area contributed by atoms with E-state index in [0.717, 1.165) is 25.9 Å². The van der Waals surface area contributed by atoms with Crippen LogP contribution in [0.4, 0.5) is 5.00 Å². The summed E-state index contributed by atoms with van der Waals surface area (Å²) in [6, 6.07) is 4.30. The Bertz CT molecular complexity index is 353. The fourth-order valence-corrected chi connectivity index (χ4v) is 2.89. The van der Waals surface area contributed by atoms with Crippen LogP contribution < -0.4 is 10.6 Å². The zero-order valence-electron chi connectivity index (χ0n) is 8.90. The molecule has 2 rings (SSSR count). The molecule has 0 saturated carbocycles. The van der Waals surface area contributed by atoms with Crippen LogP contribution in [0.25, 0.3) is 0 Å². The molecule has 1 aromatic rings. The molecule has 1 aliphatic heterocycles. The molecule has 2 heterocycles. The molecule has 0 atom stereocenters. The second-order valence-electron chi connectivity index (χ2n) is 4.05. The fourth-order valence-electron chi connectivity index (χ4n) is 1.98. The van der Waals surface area contributed by atoms with Gasteiger partial charge in [-0.2, -0.15) is 0 Å². The molecule has 0 unspecified atom stereocenters. The molecule has 0 aromatic carbocycles. The first-order chi connectivity index (χ1) is 7.16. The molecule has 3 nitrogen and oxygen atoms in total. The Kier molecular flexibility index (Phi) is 2.95. The Hall–Kier alpha value is -1.03. The molecule has 0 aliphatic carbocycles. The lowest BCUT2D eigenvalue weighted by molar-refractivity contribution is -0.122. The first-order valence-electron chi connectivity index (χ1n) is 5.27. The van der Waals surface area contributed by atoms with Crippen LogP contribution in [0, 0.1) is 12.8 Å². The van der Waals surface area contributed by atoms with E-state index in [0.29, 0.717) is 0 Å². The van der Waals surface area contributed by atoms with Gasteiger partial charge in [-0.05, 0) is 31.9 Å². The van der Waals surface area contributed by atoms with Crippen LogP contribution >= 0.6 is 11.3 Å². The van der Waals surface area contributed by atoms with E-state index < -0.39 is 0 Å². The topological polar surface area (TPSA) is 46.3 Å². The predicted molar refractivity (Wildman–Crippen MR) is 63.2 cm³/mol. The SMILES string of the molecule is Cc1ccc(N2CCC(C(N)=O)CC2)s1. The number of nitrogens with two attached hydrogens (primary N) is 1. The van der Waals surface area contributed by atoms with E-state index in [4.69, 9.17) is 5.73 Å². The maximum Gasteiger partial charge on any atom is 0.220 e. The molecule has 1 aliphatic rings. The van der Waals surface area contributed by atoms with Crippen molar-refractivity contribution in [3.8, 4) is 0 Å². The molecule has 1 aromatic heterocycles. The van der Waals surface area contributed by atoms with Crippen molar-refractivity contribution in [1.82, 2.24) is 0 Å². The van der Waals surface area contributed by atoms with E-state index in [-0.39, 0.29) is 11.8 Å². The molecule has 82 valence electrons. The number of amides is 1. The molecular weight excluding hydrogens is 208 g/mol. The number of aryl methyl sites for hydroxylation is 1. The summed E-state index contributed by atoms with van der Waals surface area (Å²) >= 11 is 1.81. The van der Waals surface area contributed by atoms with Crippen LogP contribution in [0.3, 0.4) is 0 Å². The minimum absolute atomic E-state index is 0.0855. The van der Waals surface area contributed by atoms with E-state index in [2.05, 4.69) is 24.0 Å². The van der Waals surface area contributed by atoms with Crippen LogP contribution in [0.2, 0.25) is 0 Å². The van der Waals surface area contributed by atoms with Gasteiger partial charge in [-0.1, -0.05) is 0 Å². The average molecular weight is 224 g/mol. The van der Waals surface area contributed by atoms with Gasteiger partial charge in [0.2, 0.25) is 5.91 Å². The summed E-state index contributed by atoms with van der Waals surface area (Å²) in [6.07, 6.45) is 1.79. The summed E-state index contributed by atoms with van der Waals surface area (Å²) in [7, 11) is 0. The van der Waals surface area contributed by atoms with Crippen LogP contribution in [0.1, 0.15) is 17.7 Å². The van der Waals surface area contributed by atoms with E-state index in [1.54, 1.807) is 0 Å². The second-order valence-corrected chi connectivity index (χ2v) is 5.31. The number of rotatable bonds is 2. The molecule has 0 radical (unpaired) electrons. The van der Waals surface area contributed by atoms with E-state index in [9.17, 15) is 4.79 Å². The van der Waals surface area contributed by atoms with E-state index >= 15 is 0 Å². The molecule has 2 N–H and O–H groups in total. The first kappa shape index (κ1) is 10.5. The third kappa shape index (κ3) is 2.31. The minimum Gasteiger partial charge on any atom is -0.369 e. The highest BCUT2D eigenvalue weighted by molar-refractivity contribution is 7.16. The summed E-state index contributed by atoms with van der Waals surface area (Å²) in [5.74, 6) is -0.0562. The van der Waals surface area contributed by atoms with Gasteiger partial charge < -0.3 is 10.6 Å². The number of hydrogen-bond donors (Lipinski definition) is 1. The van der Waals surface area contributed by atoms with Gasteiger partial charge in [-0.15, -0.1) is 11.3 Å². The molecule has 0 spiro atoms. The summed E-state index contributed by atoms with van der Waals surface area (Å²) in [6.45, 7) is 4.02. The van der Waals surface area contributed by atoms with Crippen LogP contribution in [-0.4, -0.2) is 19.0 Å². The normalized spacial score (nSPS) is 18.1. The van der Waals surface area contributed by atoms with E-state index in [1.807, 2.05) is 11.3 Å². The summed E-state index contributed by atoms with van der Waals surface area (Å²) < 4.78 is 0. The summed E-state index contributed by atoms with van der Waals surface area (Å²) in [4.78, 5) is 14.7. The van der Waals surface area contributed by atoms with Gasteiger partial charge >= 0.3 is 0 Å². The lowest BCUT2D eigenvalue weighted by atomic mass is 9.96. The quantitative estimate of drug-likeness (QED) is 0.832. The molecule has 0 bridgehead atoms. The first-order valence-corrected chi connectivity index (χ1v) is 6.09. The van der Waals surface area contributed by atoms with Crippen molar-refractivity contribution >= 4 is 22.2 Å². The molecule has 1 amide bonds. The molecule has 4 heteroatoms. The number of carbonyl (C=O) groups excluding carboxylic acids is 1. The highest BCUT2D eigenvalue weighted by Crippen LogP contribution is 2.29. The lowest BCUT2D eigenvalue weighted by Crippen LogP contribution is -2.38. The Morgan fingerprint density at radius 1 is 1.47 bits per heavy atom. The van der Waals surface area contributed by atoms with Gasteiger partial charge in [-0.3, -0.25) is 4.79 Å². The third-order valence-corrected chi connectivity index (χ3v) is 4.00. The summed E-state index contributed by atoms with van der Waals surface area (Å²) in [5, 5.41) is 1.32. The molecule has 15 heavy (non-hydrogen) atoms. The number of nitrogens with zero attached hydrogens (tertiary/aromatic N) is 1. The van der Waals surface area contributed by atoms with Gasteiger partial charge in [0.25, 0.3) is 0 Å². The maximum absolute atomic E-state index is 11.0. The van der Waals surface area contributed by atoms with Crippen LogP contribution in [-0.2, 0) is 4.79 Å². The number of thiophene rings is 1. The van der Waals surface area contributed by atoms with Crippen LogP contribution in [0.15, 0.2) is 12.1 Å². The van der Waals surface area contributed by atoms with Gasteiger partial charge in [0.15, 0.2) is 0 Å². The highest BCUT2D eigenvalue weighted by Gasteiger charge is 2.23. The number of piperidine rings is 1. The van der Waals surface area contributed by atoms with Crippen molar-refractivity contribution in [2.45, 2.75) is 19.8 Å². The monoisotopic (exact) mass is 224 g/mol. The van der Waals surface area contributed by atoms with Crippen molar-refractivity contribution in [1.29, 1.82) is 0 Å². The smallest absolute Gasteiger partial charge is 0.220 e. The molecule has 1 fully saturated rings. The number of hydrogen-bond acceptors (Lipinski definition) is 3. The minimum atomic E-state index is -0.142. The standard InChI is InChI=1S/C11H16N2OS/c1-8-2-3-10(15-8)13-6-4-9(5-7-13)11(12)14/h2-3,9H,4-7H2,1H3,(H2,12,14). The largest absolute Gasteiger partial charge is 0.369 e. The lowest BCUT2D eigenvalue weighted by Gasteiger charge is -2.31. The fraction of sp³-hybridized carbons (Fsp3) is 0.545. The zero-order chi connectivity index (χ0) is 10.8. The Balaban J connectivity index is 1.96. The van der Waals surface area contributed by atoms with Gasteiger partial charge in [-0.25, -0.2) is 0 Å². The maximum atomic E-state index is 11.0. The van der Waals surface area contributed by atoms with Crippen molar-refractivity contribution in [2.75, 3.05) is 18.0 Å². The van der Waals surface area contributed by atoms with Crippen molar-refractivity contribution in [2.24, 2.45) is 11.7 Å². The third-order valence-electron chi connectivity index (χ3n) is 2.94. The molecular formula is C11H16N2OS. The number of carbonyl (C=O) groups is 1. The Morgan fingerprint density at radius 2 is 2.13 bits per heavy atom. The van der Waals surface area contributed by atoms with E-state index in [1.165, 1.54) is 9.88 Å². The van der Waals surface area contributed by atoms with Crippen molar-refractivity contribution in [3.05, 3.63) is 17.0 Å². The van der Waals surface area contributed by atoms with Crippen LogP contribution in [0.5, 0.6) is 0 Å². The zero-order valence-corrected chi connectivity index (χ0v) is 9.72. The summed E-state index contributed by atoms with van der Waals surface area (Å²) in [5.41, 5.74) is 5.30. The second kappa shape index (κ2) is 4.23. The highest BCUT2D eigenvalue weighted by atomic mass is 32.1. The Labute approximate surface area is 93.9 Å². The molecule has 1 saturated heterocycles. The predicted octanol–water partition coefficient (Wildman–Crippen LogP) is 1.76. The van der Waals surface area contributed by atoms with Crippen molar-refractivity contribution < 1.29 is 4.79 Å². The van der Waals surface area contributed by atoms with Gasteiger partial charge in [0, 0.05) is 23.9 Å². The van der Waals surface area contributed by atoms with Gasteiger partial charge in [0.05, 0.1) is 5.00 Å². The van der Waals surface area contributed by atoms with Crippen molar-refractivity contribution in [3.63, 3.8) is 0 Å². The average Bonchev–Trinajstić information content (AvgIpc) is 2.65.